The SMILES string of the molecule is CCCCCC/C=C\C/C=C\CCCCCCCC(=O)NC(COC1OC(CO)C(O)C(O)C1O)C(O)/C=C/CC/C=C/CCCCCCCCCCC. The molecule has 0 aromatic rings. The van der Waals surface area contributed by atoms with Crippen molar-refractivity contribution in [1.82, 2.24) is 5.32 Å². The highest BCUT2D eigenvalue weighted by Gasteiger charge is 2.44. The molecule has 0 spiro atoms. The molecule has 1 rings (SSSR count). The van der Waals surface area contributed by atoms with Crippen LogP contribution in [0.2, 0.25) is 0 Å². The van der Waals surface area contributed by atoms with Gasteiger partial charge in [-0.25, -0.2) is 0 Å². The van der Waals surface area contributed by atoms with Crippen LogP contribution in [-0.4, -0.2) is 87.5 Å². The van der Waals surface area contributed by atoms with Gasteiger partial charge in [0.25, 0.3) is 0 Å². The number of ether oxygens (including phenoxy) is 2. The van der Waals surface area contributed by atoms with Crippen LogP contribution in [0.25, 0.3) is 0 Å². The average Bonchev–Trinajstić information content (AvgIpc) is 3.17. The molecule has 0 aromatic heterocycles. The molecule has 0 radical (unpaired) electrons. The fourth-order valence-corrected chi connectivity index (χ4v) is 6.55. The van der Waals surface area contributed by atoms with E-state index in [0.29, 0.717) is 6.42 Å². The predicted molar refractivity (Wildman–Crippen MR) is 221 cm³/mol. The number of hydrogen-bond donors (Lipinski definition) is 6. The van der Waals surface area contributed by atoms with Gasteiger partial charge in [-0.3, -0.25) is 4.79 Å². The van der Waals surface area contributed by atoms with Gasteiger partial charge >= 0.3 is 0 Å². The van der Waals surface area contributed by atoms with Crippen LogP contribution in [0.4, 0.5) is 0 Å². The molecule has 9 heteroatoms. The van der Waals surface area contributed by atoms with Crippen molar-refractivity contribution in [3.63, 3.8) is 0 Å². The van der Waals surface area contributed by atoms with Gasteiger partial charge in [0.1, 0.15) is 24.4 Å². The number of allylic oxidation sites excluding steroid dienone is 7. The third-order valence-electron chi connectivity index (χ3n) is 10.1. The summed E-state index contributed by atoms with van der Waals surface area (Å²) in [5.41, 5.74) is 0. The van der Waals surface area contributed by atoms with Crippen molar-refractivity contribution in [3.05, 3.63) is 48.6 Å². The van der Waals surface area contributed by atoms with Crippen molar-refractivity contribution in [2.75, 3.05) is 13.2 Å². The number of carbonyl (C=O) groups is 1. The van der Waals surface area contributed by atoms with Crippen LogP contribution in [0.3, 0.4) is 0 Å². The first-order chi connectivity index (χ1) is 26.3. The van der Waals surface area contributed by atoms with Crippen molar-refractivity contribution >= 4 is 5.91 Å². The van der Waals surface area contributed by atoms with Gasteiger partial charge in [0, 0.05) is 6.42 Å². The minimum absolute atomic E-state index is 0.203. The summed E-state index contributed by atoms with van der Waals surface area (Å²) in [5, 5.41) is 54.1. The largest absolute Gasteiger partial charge is 0.394 e. The highest BCUT2D eigenvalue weighted by Crippen LogP contribution is 2.22. The molecular weight excluding hydrogens is 682 g/mol. The van der Waals surface area contributed by atoms with Crippen molar-refractivity contribution in [2.24, 2.45) is 0 Å². The molecule has 0 aromatic carbocycles. The average molecular weight is 764 g/mol. The molecule has 1 heterocycles. The lowest BCUT2D eigenvalue weighted by Gasteiger charge is -2.40. The second-order valence-corrected chi connectivity index (χ2v) is 15.1. The molecule has 314 valence electrons. The van der Waals surface area contributed by atoms with Crippen LogP contribution in [0, 0.1) is 0 Å². The topological polar surface area (TPSA) is 149 Å². The normalized spacial score (nSPS) is 21.9. The van der Waals surface area contributed by atoms with Gasteiger partial charge in [0.15, 0.2) is 6.29 Å². The molecule has 1 aliphatic rings. The monoisotopic (exact) mass is 764 g/mol. The Bertz CT molecular complexity index is 983. The standard InChI is InChI=1S/C45H81NO8/c1-3-5-7-9-11-13-15-17-19-21-23-25-27-29-31-33-35-41(49)46-38(37-53-45-44(52)43(51)42(50)40(36-47)54-45)39(48)34-32-30-28-26-24-22-20-18-16-14-12-10-8-6-4-2/h13,15,19,21,24,26,32,34,38-40,42-45,47-48,50-52H,3-12,14,16-18,20,22-23,25,27-31,33,35-37H2,1-2H3,(H,46,49)/b15-13-,21-19-,26-24+,34-32+. The van der Waals surface area contributed by atoms with Gasteiger partial charge < -0.3 is 40.3 Å². The zero-order valence-corrected chi connectivity index (χ0v) is 34.2. The Morgan fingerprint density at radius 3 is 1.69 bits per heavy atom. The van der Waals surface area contributed by atoms with Crippen molar-refractivity contribution < 1.29 is 39.8 Å². The minimum Gasteiger partial charge on any atom is -0.394 e. The van der Waals surface area contributed by atoms with Crippen LogP contribution in [-0.2, 0) is 14.3 Å². The molecule has 1 saturated heterocycles. The van der Waals surface area contributed by atoms with Gasteiger partial charge in [-0.2, -0.15) is 0 Å². The van der Waals surface area contributed by atoms with Gasteiger partial charge in [0.2, 0.25) is 5.91 Å². The Labute approximate surface area is 329 Å². The number of aliphatic hydroxyl groups is 5. The lowest BCUT2D eigenvalue weighted by atomic mass is 9.99. The number of unbranched alkanes of at least 4 members (excludes halogenated alkanes) is 19. The molecule has 1 aliphatic heterocycles. The summed E-state index contributed by atoms with van der Waals surface area (Å²) < 4.78 is 11.2. The number of aliphatic hydroxyl groups excluding tert-OH is 5. The highest BCUT2D eigenvalue weighted by atomic mass is 16.7. The third kappa shape index (κ3) is 26.1. The summed E-state index contributed by atoms with van der Waals surface area (Å²) in [6, 6.07) is -0.828. The van der Waals surface area contributed by atoms with Gasteiger partial charge in [-0.05, 0) is 64.2 Å². The molecule has 6 N–H and O–H groups in total. The Morgan fingerprint density at radius 2 is 1.11 bits per heavy atom. The predicted octanol–water partition coefficient (Wildman–Crippen LogP) is 8.67. The second-order valence-electron chi connectivity index (χ2n) is 15.1. The van der Waals surface area contributed by atoms with E-state index in [1.165, 1.54) is 89.9 Å². The molecule has 9 nitrogen and oxygen atoms in total. The van der Waals surface area contributed by atoms with Gasteiger partial charge in [-0.15, -0.1) is 0 Å². The van der Waals surface area contributed by atoms with E-state index in [9.17, 15) is 30.3 Å². The van der Waals surface area contributed by atoms with E-state index in [4.69, 9.17) is 9.47 Å². The fraction of sp³-hybridized carbons (Fsp3) is 0.800. The first-order valence-corrected chi connectivity index (χ1v) is 21.9. The molecule has 0 bridgehead atoms. The molecule has 0 saturated carbocycles. The number of amides is 1. The van der Waals surface area contributed by atoms with Crippen molar-refractivity contribution in [2.45, 2.75) is 217 Å². The van der Waals surface area contributed by atoms with Crippen LogP contribution >= 0.6 is 0 Å². The summed E-state index contributed by atoms with van der Waals surface area (Å²) in [5.74, 6) is -0.203. The maximum absolute atomic E-state index is 12.9. The summed E-state index contributed by atoms with van der Waals surface area (Å²) in [6.07, 6.45) is 37.2. The summed E-state index contributed by atoms with van der Waals surface area (Å²) in [7, 11) is 0. The zero-order valence-electron chi connectivity index (χ0n) is 34.2. The van der Waals surface area contributed by atoms with Crippen molar-refractivity contribution in [3.8, 4) is 0 Å². The van der Waals surface area contributed by atoms with E-state index in [-0.39, 0.29) is 12.5 Å². The Kier molecular flexibility index (Phi) is 33.0. The van der Waals surface area contributed by atoms with E-state index >= 15 is 0 Å². The smallest absolute Gasteiger partial charge is 0.220 e. The first-order valence-electron chi connectivity index (χ1n) is 21.9. The Morgan fingerprint density at radius 1 is 0.630 bits per heavy atom. The third-order valence-corrected chi connectivity index (χ3v) is 10.1. The number of nitrogens with one attached hydrogen (secondary N) is 1. The molecule has 54 heavy (non-hydrogen) atoms. The molecule has 7 unspecified atom stereocenters. The van der Waals surface area contributed by atoms with E-state index in [2.05, 4.69) is 55.6 Å². The Balaban J connectivity index is 2.44. The van der Waals surface area contributed by atoms with Gasteiger partial charge in [0.05, 0.1) is 25.4 Å². The van der Waals surface area contributed by atoms with Gasteiger partial charge in [-0.1, -0.05) is 152 Å². The summed E-state index contributed by atoms with van der Waals surface area (Å²) in [6.45, 7) is 3.71. The second kappa shape index (κ2) is 35.6. The Hall–Kier alpha value is -1.85. The molecule has 1 fully saturated rings. The number of carbonyl (C=O) groups excluding carboxylic acids is 1. The van der Waals surface area contributed by atoms with Crippen LogP contribution < -0.4 is 5.32 Å². The highest BCUT2D eigenvalue weighted by molar-refractivity contribution is 5.76. The maximum Gasteiger partial charge on any atom is 0.220 e. The quantitative estimate of drug-likeness (QED) is 0.0278. The first kappa shape index (κ1) is 50.2. The minimum atomic E-state index is -1.57. The summed E-state index contributed by atoms with van der Waals surface area (Å²) >= 11 is 0. The van der Waals surface area contributed by atoms with E-state index < -0.39 is 49.5 Å². The fourth-order valence-electron chi connectivity index (χ4n) is 6.55. The van der Waals surface area contributed by atoms with E-state index in [1.807, 2.05) is 6.08 Å². The van der Waals surface area contributed by atoms with E-state index in [0.717, 1.165) is 64.2 Å². The van der Waals surface area contributed by atoms with Crippen LogP contribution in [0.5, 0.6) is 0 Å². The lowest BCUT2D eigenvalue weighted by Crippen LogP contribution is -2.60. The molecular formula is C45H81NO8. The maximum atomic E-state index is 12.9. The molecule has 1 amide bonds. The molecule has 0 aliphatic carbocycles. The number of rotatable bonds is 35. The zero-order chi connectivity index (χ0) is 39.5. The van der Waals surface area contributed by atoms with Crippen LogP contribution in [0.1, 0.15) is 174 Å². The van der Waals surface area contributed by atoms with Crippen LogP contribution in [0.15, 0.2) is 48.6 Å². The molecule has 7 atom stereocenters. The van der Waals surface area contributed by atoms with Crippen molar-refractivity contribution in [1.29, 1.82) is 0 Å². The number of hydrogen-bond acceptors (Lipinski definition) is 8. The lowest BCUT2D eigenvalue weighted by molar-refractivity contribution is -0.302. The summed E-state index contributed by atoms with van der Waals surface area (Å²) in [4.78, 5) is 12.9. The van der Waals surface area contributed by atoms with E-state index in [1.54, 1.807) is 6.08 Å².